The molecule has 1 aromatic carbocycles. The van der Waals surface area contributed by atoms with E-state index in [1.807, 2.05) is 40.6 Å². The zero-order chi connectivity index (χ0) is 19.6. The molecule has 0 saturated carbocycles. The van der Waals surface area contributed by atoms with E-state index in [-0.39, 0.29) is 6.10 Å². The second-order valence-corrected chi connectivity index (χ2v) is 8.39. The monoisotopic (exact) mass is 390 g/mol. The van der Waals surface area contributed by atoms with Crippen LogP contribution in [-0.2, 0) is 13.7 Å². The maximum Gasteiger partial charge on any atom is 0.198 e. The third-order valence-electron chi connectivity index (χ3n) is 4.45. The Hall–Kier alpha value is -1.86. The van der Waals surface area contributed by atoms with Crippen LogP contribution in [0.4, 0.5) is 0 Å². The lowest BCUT2D eigenvalue weighted by Crippen LogP contribution is -2.33. The maximum atomic E-state index is 6.12. The van der Waals surface area contributed by atoms with Crippen LogP contribution < -0.4 is 9.47 Å². The van der Waals surface area contributed by atoms with E-state index in [2.05, 4.69) is 32.6 Å². The minimum Gasteiger partial charge on any atom is -0.485 e. The van der Waals surface area contributed by atoms with Crippen molar-refractivity contribution in [1.82, 2.24) is 19.2 Å². The third kappa shape index (κ3) is 4.71. The van der Waals surface area contributed by atoms with Crippen LogP contribution >= 0.6 is 12.2 Å². The summed E-state index contributed by atoms with van der Waals surface area (Å²) in [4.78, 5) is 2.41. The number of benzene rings is 1. The van der Waals surface area contributed by atoms with E-state index in [0.29, 0.717) is 29.9 Å². The molecule has 1 atom stereocenters. The Kier molecular flexibility index (Phi) is 6.22. The van der Waals surface area contributed by atoms with Gasteiger partial charge in [0.05, 0.1) is 6.67 Å². The second kappa shape index (κ2) is 8.44. The second-order valence-electron chi connectivity index (χ2n) is 8.03. The summed E-state index contributed by atoms with van der Waals surface area (Å²) in [5, 5.41) is 4.79. The highest BCUT2D eigenvalue weighted by molar-refractivity contribution is 7.71. The molecule has 0 unspecified atom stereocenters. The lowest BCUT2D eigenvalue weighted by atomic mass is 10.1. The first-order chi connectivity index (χ1) is 12.8. The number of rotatable bonds is 7. The Morgan fingerprint density at radius 3 is 2.41 bits per heavy atom. The Balaban J connectivity index is 1.80. The summed E-state index contributed by atoms with van der Waals surface area (Å²) >= 11 is 5.65. The fourth-order valence-electron chi connectivity index (χ4n) is 3.44. The molecule has 148 valence electrons. The van der Waals surface area contributed by atoms with Crippen molar-refractivity contribution < 1.29 is 9.47 Å². The molecule has 1 aliphatic rings. The molecule has 0 amide bonds. The van der Waals surface area contributed by atoms with Gasteiger partial charge in [0, 0.05) is 20.1 Å². The maximum absolute atomic E-state index is 6.12. The van der Waals surface area contributed by atoms with Crippen LogP contribution in [0.1, 0.15) is 39.6 Å². The van der Waals surface area contributed by atoms with E-state index in [1.165, 1.54) is 0 Å². The van der Waals surface area contributed by atoms with Gasteiger partial charge in [0.25, 0.3) is 0 Å². The van der Waals surface area contributed by atoms with Crippen LogP contribution in [0.15, 0.2) is 24.3 Å². The number of nitrogens with zero attached hydrogens (tertiary/aromatic N) is 4. The van der Waals surface area contributed by atoms with Crippen LogP contribution in [-0.4, -0.2) is 38.9 Å². The molecule has 0 aliphatic carbocycles. The van der Waals surface area contributed by atoms with Crippen molar-refractivity contribution in [1.29, 1.82) is 0 Å². The molecule has 0 fully saturated rings. The molecule has 0 N–H and O–H groups in total. The van der Waals surface area contributed by atoms with Crippen LogP contribution in [0, 0.1) is 16.6 Å². The van der Waals surface area contributed by atoms with Crippen LogP contribution in [0.5, 0.6) is 11.5 Å². The summed E-state index contributed by atoms with van der Waals surface area (Å²) in [5.41, 5.74) is 0. The molecule has 0 radical (unpaired) electrons. The van der Waals surface area contributed by atoms with E-state index >= 15 is 0 Å². The van der Waals surface area contributed by atoms with Crippen molar-refractivity contribution in [3.63, 3.8) is 0 Å². The van der Waals surface area contributed by atoms with Crippen molar-refractivity contribution in [3.05, 3.63) is 34.9 Å². The molecule has 27 heavy (non-hydrogen) atoms. The summed E-state index contributed by atoms with van der Waals surface area (Å²) in [6.45, 7) is 12.1. The van der Waals surface area contributed by atoms with Gasteiger partial charge in [-0.2, -0.15) is 5.10 Å². The lowest BCUT2D eigenvalue weighted by Gasteiger charge is -2.26. The first-order valence-corrected chi connectivity index (χ1v) is 10.0. The summed E-state index contributed by atoms with van der Waals surface area (Å²) in [5.74, 6) is 3.49. The minimum atomic E-state index is -0.267. The van der Waals surface area contributed by atoms with Crippen LogP contribution in [0.25, 0.3) is 0 Å². The largest absolute Gasteiger partial charge is 0.485 e. The number of hydrogen-bond donors (Lipinski definition) is 0. The van der Waals surface area contributed by atoms with Crippen molar-refractivity contribution in [3.8, 4) is 11.5 Å². The van der Waals surface area contributed by atoms with Gasteiger partial charge >= 0.3 is 0 Å². The number of ether oxygens (including phenoxy) is 2. The molecule has 1 aromatic heterocycles. The zero-order valence-corrected chi connectivity index (χ0v) is 17.7. The predicted octanol–water partition coefficient (Wildman–Crippen LogP) is 4.04. The molecular weight excluding hydrogens is 360 g/mol. The molecule has 3 rings (SSSR count). The van der Waals surface area contributed by atoms with Crippen molar-refractivity contribution >= 4 is 12.2 Å². The summed E-state index contributed by atoms with van der Waals surface area (Å²) in [6.07, 6.45) is -0.267. The quantitative estimate of drug-likeness (QED) is 0.668. The first kappa shape index (κ1) is 19.9. The lowest BCUT2D eigenvalue weighted by molar-refractivity contribution is 0.0819. The standard InChI is InChI=1S/C20H30N4O2S/c1-14(2)10-23(11-15(3)4)13-24-20(27)22(5)19(21-24)18-12-25-16-8-6-7-9-17(16)26-18/h6-9,14-15,18H,10-13H2,1-5H3/t18-/m1/s1. The van der Waals surface area contributed by atoms with Gasteiger partial charge in [-0.1, -0.05) is 39.8 Å². The Bertz CT molecular complexity index is 818. The zero-order valence-electron chi connectivity index (χ0n) is 16.9. The predicted molar refractivity (Wildman–Crippen MR) is 109 cm³/mol. The molecule has 1 aliphatic heterocycles. The number of aromatic nitrogens is 3. The molecule has 6 nitrogen and oxygen atoms in total. The van der Waals surface area contributed by atoms with Gasteiger partial charge in [0.1, 0.15) is 6.61 Å². The third-order valence-corrected chi connectivity index (χ3v) is 4.94. The molecule has 2 heterocycles. The Labute approximate surface area is 166 Å². The smallest absolute Gasteiger partial charge is 0.198 e. The molecule has 7 heteroatoms. The normalized spacial score (nSPS) is 16.5. The van der Waals surface area contributed by atoms with Crippen LogP contribution in [0.2, 0.25) is 0 Å². The number of hydrogen-bond acceptors (Lipinski definition) is 5. The highest BCUT2D eigenvalue weighted by atomic mass is 32.1. The highest BCUT2D eigenvalue weighted by Crippen LogP contribution is 2.35. The summed E-state index contributed by atoms with van der Waals surface area (Å²) in [7, 11) is 1.94. The van der Waals surface area contributed by atoms with Gasteiger partial charge in [-0.15, -0.1) is 0 Å². The Morgan fingerprint density at radius 2 is 1.78 bits per heavy atom. The van der Waals surface area contributed by atoms with E-state index in [9.17, 15) is 0 Å². The van der Waals surface area contributed by atoms with Crippen molar-refractivity contribution in [2.75, 3.05) is 19.7 Å². The van der Waals surface area contributed by atoms with Crippen molar-refractivity contribution in [2.24, 2.45) is 18.9 Å². The van der Waals surface area contributed by atoms with Crippen LogP contribution in [0.3, 0.4) is 0 Å². The highest BCUT2D eigenvalue weighted by Gasteiger charge is 2.27. The van der Waals surface area contributed by atoms with Gasteiger partial charge in [-0.3, -0.25) is 4.90 Å². The average Bonchev–Trinajstić information content (AvgIpc) is 2.88. The van der Waals surface area contributed by atoms with Gasteiger partial charge in [0.15, 0.2) is 28.2 Å². The van der Waals surface area contributed by atoms with Gasteiger partial charge < -0.3 is 14.0 Å². The van der Waals surface area contributed by atoms with E-state index in [0.717, 1.165) is 30.4 Å². The molecular formula is C20H30N4O2S. The number of fused-ring (bicyclic) bond motifs is 1. The number of para-hydroxylation sites is 2. The Morgan fingerprint density at radius 1 is 1.15 bits per heavy atom. The molecule has 0 spiro atoms. The van der Waals surface area contributed by atoms with Gasteiger partial charge in [0.2, 0.25) is 0 Å². The molecule has 2 aromatic rings. The fourth-order valence-corrected chi connectivity index (χ4v) is 3.63. The summed E-state index contributed by atoms with van der Waals surface area (Å²) < 4.78 is 16.5. The first-order valence-electron chi connectivity index (χ1n) is 9.59. The minimum absolute atomic E-state index is 0.267. The van der Waals surface area contributed by atoms with Crippen molar-refractivity contribution in [2.45, 2.75) is 40.5 Å². The van der Waals surface area contributed by atoms with E-state index < -0.39 is 0 Å². The van der Waals surface area contributed by atoms with E-state index in [1.54, 1.807) is 0 Å². The molecule has 0 bridgehead atoms. The van der Waals surface area contributed by atoms with Gasteiger partial charge in [-0.25, -0.2) is 4.68 Å². The SMILES string of the molecule is CC(C)CN(CC(C)C)Cn1nc([C@H]2COc3ccccc3O2)n(C)c1=S. The molecule has 0 saturated heterocycles. The van der Waals surface area contributed by atoms with Gasteiger partial charge in [-0.05, 0) is 36.2 Å². The van der Waals surface area contributed by atoms with E-state index in [4.69, 9.17) is 26.8 Å². The average molecular weight is 391 g/mol. The topological polar surface area (TPSA) is 44.5 Å². The summed E-state index contributed by atoms with van der Waals surface area (Å²) in [6, 6.07) is 7.71. The fraction of sp³-hybridized carbons (Fsp3) is 0.600.